The Labute approximate surface area is 167 Å². The number of H-pyrrole nitrogens is 1. The van der Waals surface area contributed by atoms with Crippen LogP contribution >= 0.6 is 12.2 Å². The molecular formula is C19H23N5O3S. The molecule has 1 atom stereocenters. The van der Waals surface area contributed by atoms with E-state index in [2.05, 4.69) is 10.1 Å². The molecule has 2 N–H and O–H groups in total. The number of benzene rings is 1. The third-order valence-electron chi connectivity index (χ3n) is 4.84. The molecule has 1 amide bonds. The monoisotopic (exact) mass is 401 g/mol. The number of hydrazone groups is 1. The molecule has 2 heterocycles. The average molecular weight is 401 g/mol. The largest absolute Gasteiger partial charge is 0.494 e. The zero-order valence-corrected chi connectivity index (χ0v) is 17.1. The summed E-state index contributed by atoms with van der Waals surface area (Å²) in [6.45, 7) is 1.76. The maximum atomic E-state index is 12.5. The summed E-state index contributed by atoms with van der Waals surface area (Å²) in [4.78, 5) is 29.4. The van der Waals surface area contributed by atoms with E-state index in [0.717, 1.165) is 11.3 Å². The number of carbonyl (C=O) groups excluding carboxylic acids is 1. The van der Waals surface area contributed by atoms with Crippen molar-refractivity contribution in [2.45, 2.75) is 25.8 Å². The second kappa shape index (κ2) is 7.59. The van der Waals surface area contributed by atoms with Crippen LogP contribution in [0.3, 0.4) is 0 Å². The summed E-state index contributed by atoms with van der Waals surface area (Å²) in [5, 5.41) is 16.2. The van der Waals surface area contributed by atoms with E-state index in [4.69, 9.17) is 12.2 Å². The first-order valence-electron chi connectivity index (χ1n) is 8.94. The number of aromatic nitrogens is 2. The lowest BCUT2D eigenvalue weighted by Gasteiger charge is -2.22. The molecular weight excluding hydrogens is 378 g/mol. The summed E-state index contributed by atoms with van der Waals surface area (Å²) < 4.78 is 1.42. The molecule has 0 saturated heterocycles. The number of rotatable bonds is 4. The van der Waals surface area contributed by atoms with Crippen molar-refractivity contribution in [1.82, 2.24) is 14.6 Å². The third kappa shape index (κ3) is 3.45. The van der Waals surface area contributed by atoms with Gasteiger partial charge in [-0.1, -0.05) is 19.1 Å². The minimum absolute atomic E-state index is 0.0393. The van der Waals surface area contributed by atoms with Gasteiger partial charge in [-0.15, -0.1) is 0 Å². The van der Waals surface area contributed by atoms with E-state index in [1.165, 1.54) is 9.58 Å². The molecule has 28 heavy (non-hydrogen) atoms. The Morgan fingerprint density at radius 2 is 2.00 bits per heavy atom. The molecule has 0 fully saturated rings. The molecule has 1 aliphatic heterocycles. The smallest absolute Gasteiger partial charge is 0.264 e. The minimum Gasteiger partial charge on any atom is -0.494 e. The van der Waals surface area contributed by atoms with Gasteiger partial charge in [0, 0.05) is 39.7 Å². The zero-order valence-electron chi connectivity index (χ0n) is 16.3. The van der Waals surface area contributed by atoms with E-state index in [9.17, 15) is 14.7 Å². The predicted molar refractivity (Wildman–Crippen MR) is 110 cm³/mol. The Kier molecular flexibility index (Phi) is 5.37. The Morgan fingerprint density at radius 1 is 1.36 bits per heavy atom. The normalized spacial score (nSPS) is 16.2. The maximum absolute atomic E-state index is 12.5. The number of amides is 1. The second-order valence-corrected chi connectivity index (χ2v) is 7.25. The average Bonchev–Trinajstić information content (AvgIpc) is 3.10. The van der Waals surface area contributed by atoms with Gasteiger partial charge in [-0.25, -0.2) is 5.01 Å². The molecule has 0 radical (unpaired) electrons. The highest BCUT2D eigenvalue weighted by atomic mass is 32.1. The molecule has 0 spiro atoms. The van der Waals surface area contributed by atoms with Crippen LogP contribution in [0.2, 0.25) is 0 Å². The van der Waals surface area contributed by atoms with Crippen LogP contribution in [0.5, 0.6) is 5.88 Å². The van der Waals surface area contributed by atoms with Gasteiger partial charge in [0.25, 0.3) is 5.56 Å². The van der Waals surface area contributed by atoms with Gasteiger partial charge in [0.2, 0.25) is 11.8 Å². The second-order valence-electron chi connectivity index (χ2n) is 6.86. The molecule has 0 bridgehead atoms. The first kappa shape index (κ1) is 19.8. The first-order chi connectivity index (χ1) is 13.2. The van der Waals surface area contributed by atoms with Crippen LogP contribution < -0.4 is 10.5 Å². The minimum atomic E-state index is -0.521. The Balaban J connectivity index is 2.05. The standard InChI is InChI=1S/C19H23N5O3S/c1-5-15(25)24-14(11-6-8-12(9-7-11)22(2)3)10-13(21-24)16-17(26)20-19(28)23(4)18(16)27/h6-9,14,27H,5,10H2,1-4H3,(H,20,26,28). The molecule has 0 saturated carbocycles. The highest BCUT2D eigenvalue weighted by Crippen LogP contribution is 2.34. The van der Waals surface area contributed by atoms with Crippen molar-refractivity contribution in [3.63, 3.8) is 0 Å². The molecule has 1 aromatic carbocycles. The number of nitrogens with zero attached hydrogens (tertiary/aromatic N) is 4. The number of hydrogen-bond acceptors (Lipinski definition) is 6. The van der Waals surface area contributed by atoms with Gasteiger partial charge in [-0.3, -0.25) is 19.1 Å². The van der Waals surface area contributed by atoms with Crippen LogP contribution in [0.25, 0.3) is 0 Å². The van der Waals surface area contributed by atoms with Crippen LogP contribution in [0, 0.1) is 4.77 Å². The quantitative estimate of drug-likeness (QED) is 0.767. The summed E-state index contributed by atoms with van der Waals surface area (Å²) in [6.07, 6.45) is 0.602. The van der Waals surface area contributed by atoms with Crippen molar-refractivity contribution >= 4 is 29.5 Å². The zero-order chi connectivity index (χ0) is 20.6. The van der Waals surface area contributed by atoms with Gasteiger partial charge in [-0.05, 0) is 29.9 Å². The van der Waals surface area contributed by atoms with E-state index >= 15 is 0 Å². The number of aromatic hydroxyl groups is 1. The fraction of sp³-hybridized carbons (Fsp3) is 0.368. The number of anilines is 1. The highest BCUT2D eigenvalue weighted by molar-refractivity contribution is 7.71. The van der Waals surface area contributed by atoms with Crippen molar-refractivity contribution in [1.29, 1.82) is 0 Å². The van der Waals surface area contributed by atoms with Crippen molar-refractivity contribution in [3.05, 3.63) is 50.5 Å². The summed E-state index contributed by atoms with van der Waals surface area (Å²) in [7, 11) is 5.46. The molecule has 1 unspecified atom stereocenters. The van der Waals surface area contributed by atoms with Gasteiger partial charge in [0.05, 0.1) is 11.8 Å². The lowest BCUT2D eigenvalue weighted by molar-refractivity contribution is -0.132. The van der Waals surface area contributed by atoms with E-state index in [1.54, 1.807) is 14.0 Å². The fourth-order valence-corrected chi connectivity index (χ4v) is 3.36. The van der Waals surface area contributed by atoms with Gasteiger partial charge < -0.3 is 10.0 Å². The first-order valence-corrected chi connectivity index (χ1v) is 9.34. The molecule has 8 nitrogen and oxygen atoms in total. The fourth-order valence-electron chi connectivity index (χ4n) is 3.18. The van der Waals surface area contributed by atoms with E-state index in [-0.39, 0.29) is 34.6 Å². The molecule has 1 aliphatic rings. The van der Waals surface area contributed by atoms with Crippen molar-refractivity contribution in [2.75, 3.05) is 19.0 Å². The van der Waals surface area contributed by atoms with Gasteiger partial charge >= 0.3 is 0 Å². The molecule has 9 heteroatoms. The highest BCUT2D eigenvalue weighted by Gasteiger charge is 2.34. The lowest BCUT2D eigenvalue weighted by Crippen LogP contribution is -2.26. The molecule has 3 rings (SSSR count). The lowest BCUT2D eigenvalue weighted by atomic mass is 9.98. The van der Waals surface area contributed by atoms with Crippen molar-refractivity contribution in [3.8, 4) is 5.88 Å². The number of aromatic amines is 1. The number of carbonyl (C=O) groups is 1. The van der Waals surface area contributed by atoms with Gasteiger partial charge in [0.15, 0.2) is 4.77 Å². The molecule has 148 valence electrons. The Bertz CT molecular complexity index is 1050. The van der Waals surface area contributed by atoms with Crippen molar-refractivity contribution in [2.24, 2.45) is 12.1 Å². The number of nitrogens with one attached hydrogen (secondary N) is 1. The SMILES string of the molecule is CCC(=O)N1N=C(c2c(O)n(C)c(=S)[nH]c2=O)CC1c1ccc(N(C)C)cc1. The van der Waals surface area contributed by atoms with E-state index in [0.29, 0.717) is 12.1 Å². The molecule has 2 aromatic rings. The van der Waals surface area contributed by atoms with Crippen LogP contribution in [-0.2, 0) is 11.8 Å². The van der Waals surface area contributed by atoms with Gasteiger partial charge in [-0.2, -0.15) is 5.10 Å². The van der Waals surface area contributed by atoms with Crippen molar-refractivity contribution < 1.29 is 9.90 Å². The van der Waals surface area contributed by atoms with Crippen LogP contribution in [0.4, 0.5) is 5.69 Å². The maximum Gasteiger partial charge on any atom is 0.264 e. The van der Waals surface area contributed by atoms with Crippen LogP contribution in [0.15, 0.2) is 34.2 Å². The summed E-state index contributed by atoms with van der Waals surface area (Å²) in [5.41, 5.74) is 1.82. The summed E-state index contributed by atoms with van der Waals surface area (Å²) >= 11 is 5.02. The molecule has 0 aliphatic carbocycles. The van der Waals surface area contributed by atoms with E-state index < -0.39 is 5.56 Å². The van der Waals surface area contributed by atoms with E-state index in [1.807, 2.05) is 43.3 Å². The number of hydrogen-bond donors (Lipinski definition) is 2. The van der Waals surface area contributed by atoms with Crippen LogP contribution in [-0.4, -0.2) is 45.4 Å². The molecule has 1 aromatic heterocycles. The summed E-state index contributed by atoms with van der Waals surface area (Å²) in [5.74, 6) is -0.420. The Hall–Kier alpha value is -2.94. The predicted octanol–water partition coefficient (Wildman–Crippen LogP) is 2.30. The topological polar surface area (TPSA) is 93.9 Å². The summed E-state index contributed by atoms with van der Waals surface area (Å²) in [6, 6.07) is 7.50. The van der Waals surface area contributed by atoms with Gasteiger partial charge in [0.1, 0.15) is 5.56 Å². The Morgan fingerprint density at radius 3 is 2.57 bits per heavy atom. The third-order valence-corrected chi connectivity index (χ3v) is 5.22. The van der Waals surface area contributed by atoms with Crippen LogP contribution in [0.1, 0.15) is 36.9 Å².